The molecule has 0 bridgehead atoms. The van der Waals surface area contributed by atoms with Crippen LogP contribution in [0.3, 0.4) is 0 Å². The van der Waals surface area contributed by atoms with E-state index in [9.17, 15) is 0 Å². The molecule has 1 saturated heterocycles. The van der Waals surface area contributed by atoms with Gasteiger partial charge in [0.25, 0.3) is 0 Å². The van der Waals surface area contributed by atoms with Crippen LogP contribution in [0, 0.1) is 0 Å². The molecule has 110 valence electrons. The van der Waals surface area contributed by atoms with Crippen LogP contribution in [-0.4, -0.2) is 55.6 Å². The predicted octanol–water partition coefficient (Wildman–Crippen LogP) is 1.90. The lowest BCUT2D eigenvalue weighted by molar-refractivity contribution is 0.181. The summed E-state index contributed by atoms with van der Waals surface area (Å²) in [6.45, 7) is 8.28. The number of hydrogen-bond donors (Lipinski definition) is 1. The zero-order chi connectivity index (χ0) is 13.9. The van der Waals surface area contributed by atoms with E-state index in [0.717, 1.165) is 13.1 Å². The van der Waals surface area contributed by atoms with Crippen LogP contribution in [0.4, 0.5) is 0 Å². The maximum absolute atomic E-state index is 3.72. The number of hydrogen-bond acceptors (Lipinski definition) is 3. The first-order valence-electron chi connectivity index (χ1n) is 7.98. The smallest absolute Gasteiger partial charge is 0.0452 e. The summed E-state index contributed by atoms with van der Waals surface area (Å²) in [4.78, 5) is 5.14. The van der Waals surface area contributed by atoms with Gasteiger partial charge in [-0.05, 0) is 57.6 Å². The maximum atomic E-state index is 3.72. The summed E-state index contributed by atoms with van der Waals surface area (Å²) in [5, 5.41) is 3.72. The quantitative estimate of drug-likeness (QED) is 0.888. The van der Waals surface area contributed by atoms with Crippen molar-refractivity contribution in [2.24, 2.45) is 0 Å². The van der Waals surface area contributed by atoms with Gasteiger partial charge in [0.1, 0.15) is 0 Å². The summed E-state index contributed by atoms with van der Waals surface area (Å²) in [6.07, 6.45) is 2.46. The Hall–Kier alpha value is -0.900. The van der Waals surface area contributed by atoms with Gasteiger partial charge in [-0.25, -0.2) is 0 Å². The van der Waals surface area contributed by atoms with E-state index in [4.69, 9.17) is 0 Å². The molecule has 3 rings (SSSR count). The molecule has 0 aromatic heterocycles. The van der Waals surface area contributed by atoms with Gasteiger partial charge in [0.2, 0.25) is 0 Å². The Kier molecular flexibility index (Phi) is 4.39. The van der Waals surface area contributed by atoms with Crippen molar-refractivity contribution in [3.05, 3.63) is 35.4 Å². The molecule has 1 N–H and O–H groups in total. The van der Waals surface area contributed by atoms with Gasteiger partial charge in [0.05, 0.1) is 0 Å². The molecule has 2 unspecified atom stereocenters. The fourth-order valence-electron chi connectivity index (χ4n) is 3.68. The van der Waals surface area contributed by atoms with Gasteiger partial charge in [-0.15, -0.1) is 0 Å². The third-order valence-corrected chi connectivity index (χ3v) is 4.82. The summed E-state index contributed by atoms with van der Waals surface area (Å²) in [7, 11) is 2.24. The lowest BCUT2D eigenvalue weighted by Crippen LogP contribution is -2.44. The van der Waals surface area contributed by atoms with Gasteiger partial charge in [0, 0.05) is 25.2 Å². The average Bonchev–Trinajstić information content (AvgIpc) is 2.61. The first kappa shape index (κ1) is 14.1. The van der Waals surface area contributed by atoms with Gasteiger partial charge in [-0.2, -0.15) is 0 Å². The molecule has 3 heteroatoms. The second-order valence-electron chi connectivity index (χ2n) is 6.42. The van der Waals surface area contributed by atoms with Gasteiger partial charge < -0.3 is 10.2 Å². The highest BCUT2D eigenvalue weighted by Gasteiger charge is 2.25. The minimum atomic E-state index is 0.505. The van der Waals surface area contributed by atoms with E-state index in [2.05, 4.69) is 53.4 Å². The van der Waals surface area contributed by atoms with E-state index < -0.39 is 0 Å². The van der Waals surface area contributed by atoms with Crippen molar-refractivity contribution in [3.63, 3.8) is 0 Å². The Morgan fingerprint density at radius 3 is 3.00 bits per heavy atom. The Morgan fingerprint density at radius 2 is 2.10 bits per heavy atom. The minimum absolute atomic E-state index is 0.505. The Balaban J connectivity index is 1.72. The van der Waals surface area contributed by atoms with Crippen LogP contribution >= 0.6 is 0 Å². The first-order chi connectivity index (χ1) is 9.74. The number of nitrogens with zero attached hydrogens (tertiary/aromatic N) is 2. The predicted molar refractivity (Wildman–Crippen MR) is 84.0 cm³/mol. The van der Waals surface area contributed by atoms with E-state index in [-0.39, 0.29) is 0 Å². The molecule has 0 aliphatic carbocycles. The molecule has 3 nitrogen and oxygen atoms in total. The molecule has 2 aliphatic rings. The lowest BCUT2D eigenvalue weighted by Gasteiger charge is -2.34. The van der Waals surface area contributed by atoms with Gasteiger partial charge >= 0.3 is 0 Å². The number of benzene rings is 1. The van der Waals surface area contributed by atoms with Gasteiger partial charge in [-0.3, -0.25) is 4.90 Å². The molecule has 0 saturated carbocycles. The van der Waals surface area contributed by atoms with Crippen LogP contribution in [0.5, 0.6) is 0 Å². The van der Waals surface area contributed by atoms with Gasteiger partial charge in [0.15, 0.2) is 0 Å². The maximum Gasteiger partial charge on any atom is 0.0452 e. The Bertz CT molecular complexity index is 446. The van der Waals surface area contributed by atoms with Crippen LogP contribution in [0.15, 0.2) is 24.3 Å². The Labute approximate surface area is 123 Å². The summed E-state index contributed by atoms with van der Waals surface area (Å²) < 4.78 is 0. The van der Waals surface area contributed by atoms with E-state index in [0.29, 0.717) is 12.1 Å². The van der Waals surface area contributed by atoms with Gasteiger partial charge in [-0.1, -0.05) is 24.3 Å². The van der Waals surface area contributed by atoms with E-state index >= 15 is 0 Å². The van der Waals surface area contributed by atoms with Crippen LogP contribution in [0.1, 0.15) is 30.5 Å². The number of fused-ring (bicyclic) bond motifs is 1. The monoisotopic (exact) mass is 273 g/mol. The van der Waals surface area contributed by atoms with Crippen LogP contribution in [0.25, 0.3) is 0 Å². The fourth-order valence-corrected chi connectivity index (χ4v) is 3.68. The highest BCUT2D eigenvalue weighted by atomic mass is 15.2. The third kappa shape index (κ3) is 3.05. The second-order valence-corrected chi connectivity index (χ2v) is 6.42. The van der Waals surface area contributed by atoms with E-state index in [1.54, 1.807) is 0 Å². The molecular formula is C17H27N3. The van der Waals surface area contributed by atoms with Crippen molar-refractivity contribution in [1.29, 1.82) is 0 Å². The van der Waals surface area contributed by atoms with Crippen LogP contribution < -0.4 is 5.32 Å². The van der Waals surface area contributed by atoms with Crippen LogP contribution in [0.2, 0.25) is 0 Å². The normalized spacial score (nSPS) is 28.9. The summed E-state index contributed by atoms with van der Waals surface area (Å²) in [6, 6.07) is 10.1. The highest BCUT2D eigenvalue weighted by molar-refractivity contribution is 5.32. The van der Waals surface area contributed by atoms with Crippen molar-refractivity contribution in [3.8, 4) is 0 Å². The Morgan fingerprint density at radius 1 is 1.25 bits per heavy atom. The lowest BCUT2D eigenvalue weighted by atomic mass is 9.94. The standard InChI is InChI=1S/C17H27N3/c1-14-12-19(2)10-5-11-20(14)13-17-16-7-4-3-6-15(16)8-9-18-17/h3-4,6-7,14,17-18H,5,8-13H2,1-2H3. The molecule has 20 heavy (non-hydrogen) atoms. The number of rotatable bonds is 2. The van der Waals surface area contributed by atoms with Crippen molar-refractivity contribution >= 4 is 0 Å². The molecular weight excluding hydrogens is 246 g/mol. The summed E-state index contributed by atoms with van der Waals surface area (Å²) in [5.74, 6) is 0. The first-order valence-corrected chi connectivity index (χ1v) is 7.98. The van der Waals surface area contributed by atoms with Crippen molar-refractivity contribution < 1.29 is 0 Å². The van der Waals surface area contributed by atoms with Crippen LogP contribution in [-0.2, 0) is 6.42 Å². The molecule has 1 fully saturated rings. The van der Waals surface area contributed by atoms with Crippen molar-refractivity contribution in [2.75, 3.05) is 39.8 Å². The number of likely N-dealkylation sites (N-methyl/N-ethyl adjacent to an activating group) is 1. The second kappa shape index (κ2) is 6.25. The summed E-state index contributed by atoms with van der Waals surface area (Å²) >= 11 is 0. The highest BCUT2D eigenvalue weighted by Crippen LogP contribution is 2.24. The summed E-state index contributed by atoms with van der Waals surface area (Å²) in [5.41, 5.74) is 3.05. The van der Waals surface area contributed by atoms with E-state index in [1.807, 2.05) is 0 Å². The molecule has 1 aromatic rings. The molecule has 2 atom stereocenters. The zero-order valence-corrected chi connectivity index (χ0v) is 12.8. The van der Waals surface area contributed by atoms with E-state index in [1.165, 1.54) is 43.6 Å². The third-order valence-electron chi connectivity index (χ3n) is 4.82. The largest absolute Gasteiger partial charge is 0.309 e. The molecule has 2 heterocycles. The molecule has 1 aromatic carbocycles. The van der Waals surface area contributed by atoms with Crippen molar-refractivity contribution in [2.45, 2.75) is 31.8 Å². The SMILES string of the molecule is CC1CN(C)CCCN1CC1NCCc2ccccc21. The molecule has 0 radical (unpaired) electrons. The molecule has 0 amide bonds. The van der Waals surface area contributed by atoms with Crippen molar-refractivity contribution in [1.82, 2.24) is 15.1 Å². The minimum Gasteiger partial charge on any atom is -0.309 e. The number of nitrogens with one attached hydrogen (secondary N) is 1. The molecule has 2 aliphatic heterocycles. The molecule has 0 spiro atoms. The average molecular weight is 273 g/mol. The topological polar surface area (TPSA) is 18.5 Å². The zero-order valence-electron chi connectivity index (χ0n) is 12.8. The fraction of sp³-hybridized carbons (Fsp3) is 0.647.